The highest BCUT2D eigenvalue weighted by Gasteiger charge is 2.02. The summed E-state index contributed by atoms with van der Waals surface area (Å²) in [4.78, 5) is 4.27. The molecule has 1 radical (unpaired) electrons. The second-order valence-electron chi connectivity index (χ2n) is 2.57. The number of allylic oxidation sites excluding steroid dienone is 1. The zero-order chi connectivity index (χ0) is 9.26. The van der Waals surface area contributed by atoms with Crippen molar-refractivity contribution in [2.24, 2.45) is 0 Å². The molecule has 0 atom stereocenters. The Balaban J connectivity index is 2.55. The lowest BCUT2D eigenvalue weighted by Gasteiger charge is -1.85. The smallest absolute Gasteiger partial charge is 0.124 e. The van der Waals surface area contributed by atoms with Gasteiger partial charge in [-0.3, -0.25) is 0 Å². The number of benzene rings is 1. The number of aromatic nitrogens is 1. The highest BCUT2D eigenvalue weighted by Crippen LogP contribution is 2.23. The molecular weight excluding hydrogens is 185 g/mol. The molecule has 65 valence electrons. The molecule has 0 unspecified atom stereocenters. The molecule has 0 N–H and O–H groups in total. The van der Waals surface area contributed by atoms with Crippen molar-refractivity contribution in [3.63, 3.8) is 0 Å². The first-order chi connectivity index (χ1) is 6.29. The van der Waals surface area contributed by atoms with Gasteiger partial charge in [0.05, 0.1) is 10.2 Å². The number of nitrogens with zero attached hydrogens (tertiary/aromatic N) is 1. The summed E-state index contributed by atoms with van der Waals surface area (Å²) in [6.07, 6.45) is 3.48. The molecule has 3 heteroatoms. The maximum absolute atomic E-state index is 12.8. The summed E-state index contributed by atoms with van der Waals surface area (Å²) in [6.45, 7) is 3.58. The molecule has 0 amide bonds. The van der Waals surface area contributed by atoms with Crippen LogP contribution in [0.15, 0.2) is 30.9 Å². The molecule has 0 aliphatic rings. The Labute approximate surface area is 79.5 Å². The molecular formula is C10H7FNS. The Hall–Kier alpha value is -1.22. The van der Waals surface area contributed by atoms with Crippen LogP contribution in [-0.2, 0) is 0 Å². The van der Waals surface area contributed by atoms with E-state index in [9.17, 15) is 4.39 Å². The van der Waals surface area contributed by atoms with Crippen molar-refractivity contribution in [3.8, 4) is 0 Å². The normalized spacial score (nSPS) is 10.5. The number of halogens is 1. The van der Waals surface area contributed by atoms with E-state index >= 15 is 0 Å². The lowest BCUT2D eigenvalue weighted by Crippen LogP contribution is -1.73. The highest BCUT2D eigenvalue weighted by atomic mass is 32.1. The molecule has 1 nitrogen and oxygen atoms in total. The van der Waals surface area contributed by atoms with E-state index in [1.54, 1.807) is 12.1 Å². The van der Waals surface area contributed by atoms with Crippen molar-refractivity contribution in [2.45, 2.75) is 0 Å². The molecule has 1 heterocycles. The predicted octanol–water partition coefficient (Wildman–Crippen LogP) is 3.17. The summed E-state index contributed by atoms with van der Waals surface area (Å²) >= 11 is 1.46. The molecule has 1 aromatic carbocycles. The summed E-state index contributed by atoms with van der Waals surface area (Å²) in [5.41, 5.74) is 0.833. The van der Waals surface area contributed by atoms with Gasteiger partial charge in [0.25, 0.3) is 0 Å². The summed E-state index contributed by atoms with van der Waals surface area (Å²) in [5, 5.41) is 0.857. The second-order valence-corrected chi connectivity index (χ2v) is 3.63. The van der Waals surface area contributed by atoms with Gasteiger partial charge in [0.1, 0.15) is 10.8 Å². The summed E-state index contributed by atoms with van der Waals surface area (Å²) in [7, 11) is 0. The van der Waals surface area contributed by atoms with Gasteiger partial charge in [-0.05, 0) is 18.2 Å². The van der Waals surface area contributed by atoms with Gasteiger partial charge in [0, 0.05) is 6.42 Å². The second kappa shape index (κ2) is 3.26. The van der Waals surface area contributed by atoms with Crippen LogP contribution in [0.25, 0.3) is 10.2 Å². The molecule has 2 rings (SSSR count). The Morgan fingerprint density at radius 1 is 1.46 bits per heavy atom. The van der Waals surface area contributed by atoms with Gasteiger partial charge in [0.2, 0.25) is 0 Å². The van der Waals surface area contributed by atoms with Crippen LogP contribution >= 0.6 is 11.3 Å². The van der Waals surface area contributed by atoms with Gasteiger partial charge < -0.3 is 0 Å². The zero-order valence-corrected chi connectivity index (χ0v) is 7.64. The van der Waals surface area contributed by atoms with E-state index in [1.807, 2.05) is 6.42 Å². The van der Waals surface area contributed by atoms with Crippen LogP contribution in [0.5, 0.6) is 0 Å². The van der Waals surface area contributed by atoms with Crippen LogP contribution in [-0.4, -0.2) is 4.98 Å². The fourth-order valence-corrected chi connectivity index (χ4v) is 2.01. The lowest BCUT2D eigenvalue weighted by atomic mass is 10.3. The Morgan fingerprint density at radius 2 is 2.31 bits per heavy atom. The number of hydrogen-bond acceptors (Lipinski definition) is 2. The zero-order valence-electron chi connectivity index (χ0n) is 6.83. The van der Waals surface area contributed by atoms with Crippen LogP contribution in [0.2, 0.25) is 0 Å². The van der Waals surface area contributed by atoms with Gasteiger partial charge in [-0.1, -0.05) is 6.08 Å². The SMILES string of the molecule is C=C[CH]c1nc2ccc(F)cc2s1. The largest absolute Gasteiger partial charge is 0.241 e. The maximum Gasteiger partial charge on any atom is 0.124 e. The van der Waals surface area contributed by atoms with Crippen molar-refractivity contribution >= 4 is 21.6 Å². The van der Waals surface area contributed by atoms with Crippen LogP contribution in [0, 0.1) is 12.2 Å². The van der Waals surface area contributed by atoms with Gasteiger partial charge in [-0.25, -0.2) is 9.37 Å². The van der Waals surface area contributed by atoms with Crippen molar-refractivity contribution in [1.82, 2.24) is 4.98 Å². The Bertz CT molecular complexity index is 447. The minimum Gasteiger partial charge on any atom is -0.241 e. The maximum atomic E-state index is 12.8. The standard InChI is InChI=1S/C10H7FNS/c1-2-3-10-12-8-5-4-7(11)6-9(8)13-10/h2-6H,1H2. The minimum absolute atomic E-state index is 0.221. The van der Waals surface area contributed by atoms with E-state index in [0.717, 1.165) is 15.2 Å². The highest BCUT2D eigenvalue weighted by molar-refractivity contribution is 7.18. The van der Waals surface area contributed by atoms with Crippen molar-refractivity contribution in [2.75, 3.05) is 0 Å². The average molecular weight is 192 g/mol. The van der Waals surface area contributed by atoms with E-state index in [2.05, 4.69) is 11.6 Å². The van der Waals surface area contributed by atoms with Gasteiger partial charge in [-0.2, -0.15) is 0 Å². The monoisotopic (exact) mass is 192 g/mol. The van der Waals surface area contributed by atoms with Crippen molar-refractivity contribution in [1.29, 1.82) is 0 Å². The first-order valence-corrected chi connectivity index (χ1v) is 4.63. The molecule has 0 fully saturated rings. The van der Waals surface area contributed by atoms with E-state index in [1.165, 1.54) is 23.5 Å². The molecule has 0 saturated carbocycles. The fraction of sp³-hybridized carbons (Fsp3) is 0. The van der Waals surface area contributed by atoms with Gasteiger partial charge >= 0.3 is 0 Å². The topological polar surface area (TPSA) is 12.9 Å². The molecule has 0 aliphatic heterocycles. The molecule has 0 saturated heterocycles. The third kappa shape index (κ3) is 1.60. The van der Waals surface area contributed by atoms with Crippen molar-refractivity contribution < 1.29 is 4.39 Å². The Morgan fingerprint density at radius 3 is 3.08 bits per heavy atom. The van der Waals surface area contributed by atoms with E-state index in [-0.39, 0.29) is 5.82 Å². The minimum atomic E-state index is -0.221. The molecule has 13 heavy (non-hydrogen) atoms. The number of rotatable bonds is 2. The lowest BCUT2D eigenvalue weighted by molar-refractivity contribution is 0.630. The van der Waals surface area contributed by atoms with E-state index in [4.69, 9.17) is 0 Å². The summed E-state index contributed by atoms with van der Waals surface area (Å²) in [6, 6.07) is 4.59. The van der Waals surface area contributed by atoms with Gasteiger partial charge in [0.15, 0.2) is 0 Å². The molecule has 0 spiro atoms. The van der Waals surface area contributed by atoms with Crippen LogP contribution in [0.4, 0.5) is 4.39 Å². The Kier molecular flexibility index (Phi) is 2.10. The molecule has 1 aromatic heterocycles. The third-order valence-corrected chi connectivity index (χ3v) is 2.61. The first kappa shape index (κ1) is 8.38. The summed E-state index contributed by atoms with van der Waals surface area (Å²) < 4.78 is 13.6. The van der Waals surface area contributed by atoms with E-state index in [0.29, 0.717) is 0 Å². The van der Waals surface area contributed by atoms with Crippen LogP contribution in [0.1, 0.15) is 5.01 Å². The quantitative estimate of drug-likeness (QED) is 0.712. The number of fused-ring (bicyclic) bond motifs is 1. The average Bonchev–Trinajstić information content (AvgIpc) is 2.46. The number of thiazole rings is 1. The predicted molar refractivity (Wildman–Crippen MR) is 53.2 cm³/mol. The first-order valence-electron chi connectivity index (χ1n) is 3.81. The summed E-state index contributed by atoms with van der Waals surface area (Å²) in [5.74, 6) is -0.221. The number of hydrogen-bond donors (Lipinski definition) is 0. The molecule has 0 aliphatic carbocycles. The third-order valence-electron chi connectivity index (χ3n) is 1.63. The van der Waals surface area contributed by atoms with Crippen LogP contribution < -0.4 is 0 Å². The molecule has 0 bridgehead atoms. The fourth-order valence-electron chi connectivity index (χ4n) is 1.09. The van der Waals surface area contributed by atoms with E-state index < -0.39 is 0 Å². The van der Waals surface area contributed by atoms with Crippen molar-refractivity contribution in [3.05, 3.63) is 48.1 Å². The van der Waals surface area contributed by atoms with Gasteiger partial charge in [-0.15, -0.1) is 17.9 Å². The molecule has 2 aromatic rings. The van der Waals surface area contributed by atoms with Crippen LogP contribution in [0.3, 0.4) is 0 Å².